The maximum atomic E-state index is 13.1. The lowest BCUT2D eigenvalue weighted by molar-refractivity contribution is -0.143. The van der Waals surface area contributed by atoms with Crippen LogP contribution in [0.25, 0.3) is 5.57 Å². The average molecular weight is 472 g/mol. The van der Waals surface area contributed by atoms with Crippen molar-refractivity contribution in [2.45, 2.75) is 79.1 Å². The van der Waals surface area contributed by atoms with Crippen molar-refractivity contribution in [3.8, 4) is 0 Å². The van der Waals surface area contributed by atoms with E-state index in [1.54, 1.807) is 11.8 Å². The summed E-state index contributed by atoms with van der Waals surface area (Å²) in [5.74, 6) is -0.0144. The number of carbonyl (C=O) groups is 2. The molecule has 1 amide bonds. The molecule has 0 radical (unpaired) electrons. The molecule has 4 nitrogen and oxygen atoms in total. The van der Waals surface area contributed by atoms with E-state index in [0.29, 0.717) is 25.0 Å². The number of esters is 1. The minimum Gasteiger partial charge on any atom is -0.466 e. The molecule has 1 aliphatic carbocycles. The molecule has 2 aliphatic rings. The Morgan fingerprint density at radius 1 is 1.24 bits per heavy atom. The van der Waals surface area contributed by atoms with E-state index in [4.69, 9.17) is 16.3 Å². The first kappa shape index (κ1) is 25.6. The van der Waals surface area contributed by atoms with E-state index < -0.39 is 5.41 Å². The molecule has 1 aromatic rings. The number of ether oxygens (including phenoxy) is 1. The maximum Gasteiger partial charge on any atom is 0.307 e. The largest absolute Gasteiger partial charge is 0.466 e. The van der Waals surface area contributed by atoms with Crippen LogP contribution in [-0.4, -0.2) is 29.9 Å². The molecular weight excluding hydrogens is 434 g/mol. The Kier molecular flexibility index (Phi) is 7.78. The van der Waals surface area contributed by atoms with Crippen molar-refractivity contribution in [1.82, 2.24) is 4.90 Å². The topological polar surface area (TPSA) is 46.6 Å². The number of nitrogens with zero attached hydrogens (tertiary/aromatic N) is 1. The lowest BCUT2D eigenvalue weighted by Gasteiger charge is -2.41. The number of rotatable bonds is 7. The zero-order valence-electron chi connectivity index (χ0n) is 21.0. The fourth-order valence-electron chi connectivity index (χ4n) is 5.02. The molecule has 5 heteroatoms. The zero-order valence-corrected chi connectivity index (χ0v) is 21.7. The van der Waals surface area contributed by atoms with Gasteiger partial charge in [-0.05, 0) is 65.9 Å². The molecule has 0 saturated carbocycles. The molecule has 0 N–H and O–H groups in total. The Morgan fingerprint density at radius 2 is 1.97 bits per heavy atom. The van der Waals surface area contributed by atoms with Crippen molar-refractivity contribution in [1.29, 1.82) is 0 Å². The summed E-state index contributed by atoms with van der Waals surface area (Å²) in [6, 6.07) is 6.32. The van der Waals surface area contributed by atoms with Gasteiger partial charge in [0.1, 0.15) is 0 Å². The third kappa shape index (κ3) is 5.71. The van der Waals surface area contributed by atoms with Crippen molar-refractivity contribution < 1.29 is 14.3 Å². The summed E-state index contributed by atoms with van der Waals surface area (Å²) in [5, 5.41) is 0.750. The van der Waals surface area contributed by atoms with Crippen molar-refractivity contribution in [3.63, 3.8) is 0 Å². The van der Waals surface area contributed by atoms with Crippen LogP contribution < -0.4 is 0 Å². The summed E-state index contributed by atoms with van der Waals surface area (Å²) in [7, 11) is 0. The second-order valence-electron chi connectivity index (χ2n) is 10.7. The predicted octanol–water partition coefficient (Wildman–Crippen LogP) is 6.92. The molecule has 1 atom stereocenters. The van der Waals surface area contributed by atoms with Gasteiger partial charge in [-0.2, -0.15) is 0 Å². The zero-order chi connectivity index (χ0) is 24.4. The molecule has 0 aromatic heterocycles. The second-order valence-corrected chi connectivity index (χ2v) is 11.1. The summed E-state index contributed by atoms with van der Waals surface area (Å²) in [5.41, 5.74) is 4.58. The lowest BCUT2D eigenvalue weighted by Crippen LogP contribution is -2.42. The van der Waals surface area contributed by atoms with Gasteiger partial charge in [-0.1, -0.05) is 64.4 Å². The highest BCUT2D eigenvalue weighted by Crippen LogP contribution is 2.45. The third-order valence-corrected chi connectivity index (χ3v) is 7.48. The van der Waals surface area contributed by atoms with E-state index >= 15 is 0 Å². The molecule has 0 bridgehead atoms. The molecule has 1 heterocycles. The van der Waals surface area contributed by atoms with Gasteiger partial charge >= 0.3 is 5.97 Å². The van der Waals surface area contributed by atoms with Gasteiger partial charge < -0.3 is 9.64 Å². The van der Waals surface area contributed by atoms with E-state index in [0.717, 1.165) is 35.4 Å². The van der Waals surface area contributed by atoms with Crippen LogP contribution in [-0.2, 0) is 19.7 Å². The quantitative estimate of drug-likeness (QED) is 0.405. The molecule has 180 valence electrons. The molecule has 1 aromatic carbocycles. The molecule has 0 spiro atoms. The van der Waals surface area contributed by atoms with E-state index in [2.05, 4.69) is 58.9 Å². The number of hydrogen-bond acceptors (Lipinski definition) is 3. The maximum absolute atomic E-state index is 13.1. The number of hydrogen-bond donors (Lipinski definition) is 0. The third-order valence-electron chi connectivity index (χ3n) is 7.17. The van der Waals surface area contributed by atoms with Gasteiger partial charge in [0.15, 0.2) is 0 Å². The lowest BCUT2D eigenvalue weighted by atomic mass is 9.68. The van der Waals surface area contributed by atoms with Crippen LogP contribution in [0.15, 0.2) is 36.0 Å². The van der Waals surface area contributed by atoms with Crippen LogP contribution in [0.2, 0.25) is 5.02 Å². The fourth-order valence-corrected chi connectivity index (χ4v) is 5.32. The Hall–Kier alpha value is -2.07. The van der Waals surface area contributed by atoms with Crippen LogP contribution in [0, 0.1) is 11.3 Å². The van der Waals surface area contributed by atoms with Gasteiger partial charge in [-0.3, -0.25) is 9.59 Å². The SMILES string of the molecule is CCOC(=O)CCN1C=C(C(C)C)[C@@](C)(c2ccc(C3=CCC(C)(C)CC3)c(Cl)c2)CC1=O. The van der Waals surface area contributed by atoms with Gasteiger partial charge in [0.25, 0.3) is 0 Å². The molecular formula is C28H38ClNO3. The molecule has 3 rings (SSSR count). The number of carbonyl (C=O) groups excluding carboxylic acids is 2. The fraction of sp³-hybridized carbons (Fsp3) is 0.571. The van der Waals surface area contributed by atoms with Crippen molar-refractivity contribution in [2.75, 3.05) is 13.2 Å². The summed E-state index contributed by atoms with van der Waals surface area (Å²) >= 11 is 6.81. The van der Waals surface area contributed by atoms with Gasteiger partial charge in [-0.15, -0.1) is 0 Å². The van der Waals surface area contributed by atoms with E-state index in [9.17, 15) is 9.59 Å². The first-order valence-electron chi connectivity index (χ1n) is 12.1. The highest BCUT2D eigenvalue weighted by atomic mass is 35.5. The number of amides is 1. The summed E-state index contributed by atoms with van der Waals surface area (Å²) in [6.45, 7) is 13.5. The number of benzene rings is 1. The monoisotopic (exact) mass is 471 g/mol. The van der Waals surface area contributed by atoms with Crippen molar-refractivity contribution in [3.05, 3.63) is 52.2 Å². The van der Waals surface area contributed by atoms with Gasteiger partial charge in [0, 0.05) is 29.6 Å². The highest BCUT2D eigenvalue weighted by Gasteiger charge is 2.40. The summed E-state index contributed by atoms with van der Waals surface area (Å²) in [4.78, 5) is 26.5. The van der Waals surface area contributed by atoms with E-state index in [-0.39, 0.29) is 24.2 Å². The number of allylic oxidation sites excluding steroid dienone is 3. The first-order valence-corrected chi connectivity index (χ1v) is 12.5. The molecule has 0 saturated heterocycles. The highest BCUT2D eigenvalue weighted by molar-refractivity contribution is 6.32. The summed E-state index contributed by atoms with van der Waals surface area (Å²) < 4.78 is 5.02. The van der Waals surface area contributed by atoms with Crippen molar-refractivity contribution >= 4 is 29.1 Å². The predicted molar refractivity (Wildman–Crippen MR) is 135 cm³/mol. The van der Waals surface area contributed by atoms with Gasteiger partial charge in [0.2, 0.25) is 5.91 Å². The Labute approximate surface area is 204 Å². The van der Waals surface area contributed by atoms with E-state index in [1.807, 2.05) is 6.20 Å². The van der Waals surface area contributed by atoms with Gasteiger partial charge in [0.05, 0.1) is 13.0 Å². The molecule has 0 unspecified atom stereocenters. The Morgan fingerprint density at radius 3 is 2.55 bits per heavy atom. The minimum atomic E-state index is -0.434. The van der Waals surface area contributed by atoms with Crippen molar-refractivity contribution in [2.24, 2.45) is 11.3 Å². The van der Waals surface area contributed by atoms with Gasteiger partial charge in [-0.25, -0.2) is 0 Å². The molecule has 0 fully saturated rings. The Balaban J connectivity index is 1.89. The minimum absolute atomic E-state index is 0.0172. The van der Waals surface area contributed by atoms with Crippen LogP contribution in [0.3, 0.4) is 0 Å². The first-order chi connectivity index (χ1) is 15.5. The summed E-state index contributed by atoms with van der Waals surface area (Å²) in [6.07, 6.45) is 8.09. The Bertz CT molecular complexity index is 975. The number of halogens is 1. The van der Waals surface area contributed by atoms with Crippen LogP contribution in [0.4, 0.5) is 0 Å². The van der Waals surface area contributed by atoms with Crippen LogP contribution >= 0.6 is 11.6 Å². The smallest absolute Gasteiger partial charge is 0.307 e. The average Bonchev–Trinajstić information content (AvgIpc) is 2.73. The van der Waals surface area contributed by atoms with E-state index in [1.165, 1.54) is 11.1 Å². The van der Waals surface area contributed by atoms with Crippen LogP contribution in [0.5, 0.6) is 0 Å². The second kappa shape index (κ2) is 10.0. The normalized spacial score (nSPS) is 22.8. The standard InChI is InChI=1S/C28H38ClNO3/c1-7-33-26(32)12-15-30-18-23(19(2)3)28(6,17-25(30)31)21-8-9-22(24(29)16-21)20-10-13-27(4,5)14-11-20/h8-10,16,18-19H,7,11-15,17H2,1-6H3/t28-/m1/s1. The molecule has 1 aliphatic heterocycles. The van der Waals surface area contributed by atoms with Crippen LogP contribution in [0.1, 0.15) is 84.8 Å². The molecule has 33 heavy (non-hydrogen) atoms.